The molecule has 1 aromatic carbocycles. The molecule has 0 aliphatic heterocycles. The Kier molecular flexibility index (Phi) is 1.64. The minimum Gasteiger partial charge on any atom is -0.245 e. The number of rotatable bonds is 0. The molecule has 0 aliphatic rings. The molecule has 3 aromatic heterocycles. The maximum atomic E-state index is 4.54. The van der Waals surface area contributed by atoms with Gasteiger partial charge in [-0.15, -0.1) is 22.7 Å². The quantitative estimate of drug-likeness (QED) is 0.436. The van der Waals surface area contributed by atoms with Crippen molar-refractivity contribution in [3.05, 3.63) is 41.9 Å². The van der Waals surface area contributed by atoms with Crippen LogP contribution in [0, 0.1) is 0 Å². The van der Waals surface area contributed by atoms with Crippen molar-refractivity contribution in [2.75, 3.05) is 0 Å². The summed E-state index contributed by atoms with van der Waals surface area (Å²) in [5.41, 5.74) is 0. The summed E-state index contributed by atoms with van der Waals surface area (Å²) >= 11 is 3.58. The van der Waals surface area contributed by atoms with Gasteiger partial charge in [-0.3, -0.25) is 0 Å². The molecular weight excluding hydrogens is 234 g/mol. The van der Waals surface area contributed by atoms with E-state index in [1.165, 1.54) is 25.6 Å². The fraction of sp³-hybridized carbons (Fsp3) is 0. The van der Waals surface area contributed by atoms with Crippen LogP contribution in [0.25, 0.3) is 30.4 Å². The standard InChI is InChI=1S/C13H7NS2/c1-2-4-10-9(3-1)11-12-8(5-6-15-12)7-14-13(11)16-10/h1-7H. The average molecular weight is 241 g/mol. The topological polar surface area (TPSA) is 12.9 Å². The SMILES string of the molecule is c1ccc2c(c1)sc1ncc3ccsc3c12. The zero-order valence-corrected chi connectivity index (χ0v) is 9.94. The van der Waals surface area contributed by atoms with Crippen molar-refractivity contribution in [1.82, 2.24) is 4.98 Å². The minimum atomic E-state index is 1.15. The normalized spacial score (nSPS) is 11.8. The van der Waals surface area contributed by atoms with Crippen LogP contribution >= 0.6 is 22.7 Å². The van der Waals surface area contributed by atoms with Gasteiger partial charge in [-0.25, -0.2) is 4.98 Å². The molecule has 0 radical (unpaired) electrons. The molecule has 0 spiro atoms. The van der Waals surface area contributed by atoms with E-state index in [4.69, 9.17) is 0 Å². The molecule has 3 heteroatoms. The fourth-order valence-electron chi connectivity index (χ4n) is 2.10. The van der Waals surface area contributed by atoms with E-state index in [2.05, 4.69) is 40.7 Å². The Hall–Kier alpha value is -1.45. The number of nitrogens with zero attached hydrogens (tertiary/aromatic N) is 1. The van der Waals surface area contributed by atoms with Crippen LogP contribution in [-0.4, -0.2) is 4.98 Å². The molecule has 0 amide bonds. The molecule has 4 aromatic rings. The van der Waals surface area contributed by atoms with Crippen LogP contribution in [0.15, 0.2) is 41.9 Å². The van der Waals surface area contributed by atoms with Crippen molar-refractivity contribution in [2.45, 2.75) is 0 Å². The van der Waals surface area contributed by atoms with Gasteiger partial charge >= 0.3 is 0 Å². The second-order valence-electron chi connectivity index (χ2n) is 3.74. The van der Waals surface area contributed by atoms with Crippen LogP contribution in [0.4, 0.5) is 0 Å². The molecule has 0 N–H and O–H groups in total. The zero-order chi connectivity index (χ0) is 10.5. The van der Waals surface area contributed by atoms with Crippen molar-refractivity contribution in [1.29, 1.82) is 0 Å². The third-order valence-corrected chi connectivity index (χ3v) is 4.85. The maximum absolute atomic E-state index is 4.54. The Morgan fingerprint density at radius 3 is 3.00 bits per heavy atom. The first-order valence-corrected chi connectivity index (χ1v) is 6.76. The lowest BCUT2D eigenvalue weighted by Gasteiger charge is -1.92. The van der Waals surface area contributed by atoms with Crippen LogP contribution in [0.3, 0.4) is 0 Å². The highest BCUT2D eigenvalue weighted by atomic mass is 32.1. The van der Waals surface area contributed by atoms with Crippen LogP contribution in [0.2, 0.25) is 0 Å². The van der Waals surface area contributed by atoms with E-state index in [0.717, 1.165) is 4.83 Å². The van der Waals surface area contributed by atoms with E-state index in [0.29, 0.717) is 0 Å². The molecule has 0 unspecified atom stereocenters. The van der Waals surface area contributed by atoms with Crippen LogP contribution in [0.5, 0.6) is 0 Å². The van der Waals surface area contributed by atoms with E-state index in [1.807, 2.05) is 6.20 Å². The van der Waals surface area contributed by atoms with E-state index < -0.39 is 0 Å². The summed E-state index contributed by atoms with van der Waals surface area (Å²) in [4.78, 5) is 5.69. The number of benzene rings is 1. The zero-order valence-electron chi connectivity index (χ0n) is 8.31. The monoisotopic (exact) mass is 241 g/mol. The highest BCUT2D eigenvalue weighted by molar-refractivity contribution is 7.26. The largest absolute Gasteiger partial charge is 0.245 e. The molecule has 4 rings (SSSR count). The van der Waals surface area contributed by atoms with Crippen molar-refractivity contribution in [3.63, 3.8) is 0 Å². The summed E-state index contributed by atoms with van der Waals surface area (Å²) in [6, 6.07) is 10.7. The Balaban J connectivity index is 2.42. The van der Waals surface area contributed by atoms with Gasteiger partial charge in [0.2, 0.25) is 0 Å². The van der Waals surface area contributed by atoms with Crippen molar-refractivity contribution >= 4 is 53.1 Å². The van der Waals surface area contributed by atoms with Crippen molar-refractivity contribution in [3.8, 4) is 0 Å². The predicted molar refractivity (Wildman–Crippen MR) is 72.5 cm³/mol. The van der Waals surface area contributed by atoms with Gasteiger partial charge in [0.25, 0.3) is 0 Å². The highest BCUT2D eigenvalue weighted by Gasteiger charge is 2.09. The van der Waals surface area contributed by atoms with E-state index in [1.54, 1.807) is 22.7 Å². The van der Waals surface area contributed by atoms with Gasteiger partial charge in [0.05, 0.1) is 0 Å². The number of pyridine rings is 1. The molecule has 0 aliphatic carbocycles. The third kappa shape index (κ3) is 1.02. The van der Waals surface area contributed by atoms with Crippen molar-refractivity contribution < 1.29 is 0 Å². The van der Waals surface area contributed by atoms with Crippen LogP contribution in [-0.2, 0) is 0 Å². The first-order valence-electron chi connectivity index (χ1n) is 5.07. The smallest absolute Gasteiger partial charge is 0.125 e. The average Bonchev–Trinajstić information content (AvgIpc) is 2.91. The molecule has 3 heterocycles. The summed E-state index contributed by atoms with van der Waals surface area (Å²) in [6.45, 7) is 0. The van der Waals surface area contributed by atoms with Crippen LogP contribution < -0.4 is 0 Å². The maximum Gasteiger partial charge on any atom is 0.125 e. The van der Waals surface area contributed by atoms with E-state index in [9.17, 15) is 0 Å². The van der Waals surface area contributed by atoms with Gasteiger partial charge in [-0.05, 0) is 17.5 Å². The summed E-state index contributed by atoms with van der Waals surface area (Å²) in [7, 11) is 0. The number of aromatic nitrogens is 1. The van der Waals surface area contributed by atoms with Gasteiger partial charge in [-0.2, -0.15) is 0 Å². The number of hydrogen-bond donors (Lipinski definition) is 0. The molecule has 1 nitrogen and oxygen atoms in total. The fourth-order valence-corrected chi connectivity index (χ4v) is 4.15. The van der Waals surface area contributed by atoms with Gasteiger partial charge in [-0.1, -0.05) is 18.2 Å². The Labute approximate surface area is 100.0 Å². The molecule has 0 bridgehead atoms. The summed E-state index contributed by atoms with van der Waals surface area (Å²) in [5, 5.41) is 6.05. The Bertz CT molecular complexity index is 810. The van der Waals surface area contributed by atoms with E-state index in [-0.39, 0.29) is 0 Å². The summed E-state index contributed by atoms with van der Waals surface area (Å²) in [5.74, 6) is 0. The molecular formula is C13H7NS2. The Morgan fingerprint density at radius 1 is 1.06 bits per heavy atom. The van der Waals surface area contributed by atoms with Crippen molar-refractivity contribution in [2.24, 2.45) is 0 Å². The van der Waals surface area contributed by atoms with Gasteiger partial charge in [0, 0.05) is 31.8 Å². The lowest BCUT2D eigenvalue weighted by molar-refractivity contribution is 1.49. The van der Waals surface area contributed by atoms with E-state index >= 15 is 0 Å². The molecule has 0 fully saturated rings. The van der Waals surface area contributed by atoms with Crippen LogP contribution in [0.1, 0.15) is 0 Å². The Morgan fingerprint density at radius 2 is 2.00 bits per heavy atom. The number of hydrogen-bond acceptors (Lipinski definition) is 3. The highest BCUT2D eigenvalue weighted by Crippen LogP contribution is 2.38. The molecule has 0 saturated heterocycles. The van der Waals surface area contributed by atoms with Gasteiger partial charge in [0.15, 0.2) is 0 Å². The number of fused-ring (bicyclic) bond motifs is 5. The minimum absolute atomic E-state index is 1.15. The summed E-state index contributed by atoms with van der Waals surface area (Å²) in [6.07, 6.45) is 1.98. The molecule has 0 saturated carbocycles. The predicted octanol–water partition coefficient (Wildman–Crippen LogP) is 4.66. The second kappa shape index (κ2) is 3.03. The lowest BCUT2D eigenvalue weighted by Crippen LogP contribution is -1.71. The molecule has 76 valence electrons. The van der Waals surface area contributed by atoms with Gasteiger partial charge < -0.3 is 0 Å². The number of thiophene rings is 2. The third-order valence-electron chi connectivity index (χ3n) is 2.82. The molecule has 16 heavy (non-hydrogen) atoms. The second-order valence-corrected chi connectivity index (χ2v) is 5.69. The molecule has 0 atom stereocenters. The first kappa shape index (κ1) is 8.67. The summed E-state index contributed by atoms with van der Waals surface area (Å²) < 4.78 is 2.69. The van der Waals surface area contributed by atoms with Gasteiger partial charge in [0.1, 0.15) is 4.83 Å². The lowest BCUT2D eigenvalue weighted by atomic mass is 10.2. The first-order chi connectivity index (χ1) is 7.93.